The zero-order chi connectivity index (χ0) is 3.41. The molecule has 0 unspecified atom stereocenters. The van der Waals surface area contributed by atoms with Crippen molar-refractivity contribution in [3.05, 3.63) is 12.4 Å². The van der Waals surface area contributed by atoms with Crippen LogP contribution in [0, 0.1) is 0 Å². The van der Waals surface area contributed by atoms with Crippen molar-refractivity contribution in [3.8, 4) is 0 Å². The molecule has 0 aromatic heterocycles. The molecule has 35 valence electrons. The van der Waals surface area contributed by atoms with E-state index >= 15 is 0 Å². The maximum Gasteiger partial charge on any atom is 0.00957 e. The summed E-state index contributed by atoms with van der Waals surface area (Å²) >= 11 is 0. The second kappa shape index (κ2) is 9.13. The summed E-state index contributed by atoms with van der Waals surface area (Å²) in [6, 6.07) is 0. The Morgan fingerprint density at radius 2 is 1.20 bits per heavy atom. The first kappa shape index (κ1) is 8.85. The van der Waals surface area contributed by atoms with E-state index in [0.29, 0.717) is 0 Å². The van der Waals surface area contributed by atoms with Crippen LogP contribution in [0.2, 0.25) is 0 Å². The first-order valence-corrected chi connectivity index (χ1v) is 1.00. The molecule has 0 atom stereocenters. The fourth-order valence-corrected chi connectivity index (χ4v) is 0. The summed E-state index contributed by atoms with van der Waals surface area (Å²) in [5.74, 6) is 0. The molecule has 0 aromatic rings. The third-order valence-corrected chi connectivity index (χ3v) is 0.111. The van der Waals surface area contributed by atoms with E-state index in [9.17, 15) is 0 Å². The largest absolute Gasteiger partial charge is 0.403 e. The van der Waals surface area contributed by atoms with E-state index in [0.717, 1.165) is 0 Å². The molecule has 0 aliphatic carbocycles. The first-order chi connectivity index (χ1) is 1.91. The predicted octanol–water partition coefficient (Wildman–Crippen LogP) is -0.627. The molecular formula is C2H6CuN2. The topological polar surface area (TPSA) is 52.0 Å². The molecule has 0 aromatic carbocycles. The molecule has 0 rings (SSSR count). The van der Waals surface area contributed by atoms with E-state index in [4.69, 9.17) is 11.5 Å². The summed E-state index contributed by atoms with van der Waals surface area (Å²) in [5, 5.41) is 0. The van der Waals surface area contributed by atoms with E-state index < -0.39 is 0 Å². The summed E-state index contributed by atoms with van der Waals surface area (Å²) in [5.41, 5.74) is 9.44. The second-order valence-corrected chi connectivity index (χ2v) is 0.385. The maximum atomic E-state index is 4.72. The molecule has 5 heavy (non-hydrogen) atoms. The minimum Gasteiger partial charge on any atom is -0.403 e. The summed E-state index contributed by atoms with van der Waals surface area (Å²) in [4.78, 5) is 0. The zero-order valence-corrected chi connectivity index (χ0v) is 3.55. The Labute approximate surface area is 41.7 Å². The van der Waals surface area contributed by atoms with E-state index in [1.807, 2.05) is 0 Å². The summed E-state index contributed by atoms with van der Waals surface area (Å²) in [6.07, 6.45) is 2.56. The number of hydrogen-bond donors (Lipinski definition) is 2. The van der Waals surface area contributed by atoms with Crippen LogP contribution in [0.5, 0.6) is 0 Å². The quantitative estimate of drug-likeness (QED) is 0.420. The molecule has 0 amide bonds. The number of nitrogens with two attached hydrogens (primary N) is 2. The Morgan fingerprint density at radius 3 is 1.20 bits per heavy atom. The minimum atomic E-state index is 0. The van der Waals surface area contributed by atoms with Gasteiger partial charge in [-0.2, -0.15) is 0 Å². The van der Waals surface area contributed by atoms with Gasteiger partial charge in [-0.05, 0) is 0 Å². The normalized spacial score (nSPS) is 7.20. The predicted molar refractivity (Wildman–Crippen MR) is 17.5 cm³/mol. The van der Waals surface area contributed by atoms with Crippen LogP contribution in [0.3, 0.4) is 0 Å². The summed E-state index contributed by atoms with van der Waals surface area (Å²) in [7, 11) is 0. The van der Waals surface area contributed by atoms with Crippen molar-refractivity contribution in [1.29, 1.82) is 0 Å². The van der Waals surface area contributed by atoms with Gasteiger partial charge in [0, 0.05) is 29.5 Å². The molecule has 0 aliphatic heterocycles. The third-order valence-electron chi connectivity index (χ3n) is 0.111. The molecule has 1 radical (unpaired) electrons. The summed E-state index contributed by atoms with van der Waals surface area (Å²) in [6.45, 7) is 0. The van der Waals surface area contributed by atoms with Crippen LogP contribution in [0.25, 0.3) is 0 Å². The van der Waals surface area contributed by atoms with Gasteiger partial charge in [0.15, 0.2) is 0 Å². The fourth-order valence-electron chi connectivity index (χ4n) is 0. The number of hydrogen-bond acceptors (Lipinski definition) is 2. The van der Waals surface area contributed by atoms with Gasteiger partial charge in [0.1, 0.15) is 0 Å². The standard InChI is InChI=1S/C2H6N2.Cu/c3-1-2-4;/h1-2H,3-4H2;. The van der Waals surface area contributed by atoms with Crippen LogP contribution < -0.4 is 11.5 Å². The van der Waals surface area contributed by atoms with Crippen molar-refractivity contribution >= 4 is 0 Å². The minimum absolute atomic E-state index is 0. The van der Waals surface area contributed by atoms with Crippen molar-refractivity contribution in [2.75, 3.05) is 0 Å². The Balaban J connectivity index is 0. The van der Waals surface area contributed by atoms with Crippen LogP contribution in [-0.4, -0.2) is 0 Å². The second-order valence-electron chi connectivity index (χ2n) is 0.385. The molecule has 0 heterocycles. The van der Waals surface area contributed by atoms with Gasteiger partial charge in [0.2, 0.25) is 0 Å². The van der Waals surface area contributed by atoms with Crippen molar-refractivity contribution in [2.45, 2.75) is 0 Å². The van der Waals surface area contributed by atoms with Crippen LogP contribution >= 0.6 is 0 Å². The maximum absolute atomic E-state index is 4.72. The van der Waals surface area contributed by atoms with Gasteiger partial charge >= 0.3 is 0 Å². The van der Waals surface area contributed by atoms with Crippen LogP contribution in [0.1, 0.15) is 0 Å². The SMILES string of the molecule is NC=CN.[Cu]. The number of rotatable bonds is 0. The Bertz CT molecular complexity index is 22.8. The third kappa shape index (κ3) is 18.1. The smallest absolute Gasteiger partial charge is 0.00957 e. The molecule has 0 fully saturated rings. The van der Waals surface area contributed by atoms with Gasteiger partial charge in [-0.25, -0.2) is 0 Å². The molecule has 3 heteroatoms. The van der Waals surface area contributed by atoms with Gasteiger partial charge < -0.3 is 11.5 Å². The van der Waals surface area contributed by atoms with E-state index in [1.165, 1.54) is 12.4 Å². The van der Waals surface area contributed by atoms with Gasteiger partial charge in [0.25, 0.3) is 0 Å². The molecule has 0 aliphatic rings. The Hall–Kier alpha value is -0.141. The van der Waals surface area contributed by atoms with Crippen LogP contribution in [0.15, 0.2) is 12.4 Å². The fraction of sp³-hybridized carbons (Fsp3) is 0. The van der Waals surface area contributed by atoms with Crippen molar-refractivity contribution < 1.29 is 17.1 Å². The Morgan fingerprint density at radius 1 is 1.00 bits per heavy atom. The molecule has 4 N–H and O–H groups in total. The van der Waals surface area contributed by atoms with Crippen LogP contribution in [-0.2, 0) is 17.1 Å². The van der Waals surface area contributed by atoms with Gasteiger partial charge in [-0.15, -0.1) is 0 Å². The molecule has 0 saturated heterocycles. The Kier molecular flexibility index (Phi) is 16.2. The van der Waals surface area contributed by atoms with Gasteiger partial charge in [-0.3, -0.25) is 0 Å². The first-order valence-electron chi connectivity index (χ1n) is 1.00. The summed E-state index contributed by atoms with van der Waals surface area (Å²) < 4.78 is 0. The van der Waals surface area contributed by atoms with Gasteiger partial charge in [0.05, 0.1) is 0 Å². The van der Waals surface area contributed by atoms with E-state index in [1.54, 1.807) is 0 Å². The zero-order valence-electron chi connectivity index (χ0n) is 2.61. The average molecular weight is 122 g/mol. The molecule has 2 nitrogen and oxygen atoms in total. The van der Waals surface area contributed by atoms with E-state index in [2.05, 4.69) is 0 Å². The molecule has 0 saturated carbocycles. The van der Waals surface area contributed by atoms with Gasteiger partial charge in [-0.1, -0.05) is 0 Å². The van der Waals surface area contributed by atoms with Crippen molar-refractivity contribution in [1.82, 2.24) is 0 Å². The van der Waals surface area contributed by atoms with E-state index in [-0.39, 0.29) is 17.1 Å². The molecule has 0 bridgehead atoms. The monoisotopic (exact) mass is 121 g/mol. The molecule has 0 spiro atoms. The average Bonchev–Trinajstić information content (AvgIpc) is 1.37. The van der Waals surface area contributed by atoms with Crippen molar-refractivity contribution in [3.63, 3.8) is 0 Å². The molecular weight excluding hydrogens is 116 g/mol. The van der Waals surface area contributed by atoms with Crippen LogP contribution in [0.4, 0.5) is 0 Å². The van der Waals surface area contributed by atoms with Crippen molar-refractivity contribution in [2.24, 2.45) is 11.5 Å².